The number of fused-ring (bicyclic) bond motifs is 7. The first-order valence-electron chi connectivity index (χ1n) is 16.3. The van der Waals surface area contributed by atoms with E-state index in [0.29, 0.717) is 32.9 Å². The van der Waals surface area contributed by atoms with Crippen molar-refractivity contribution in [1.82, 2.24) is 9.55 Å². The molecule has 9 aromatic rings. The van der Waals surface area contributed by atoms with E-state index in [1.54, 1.807) is 12.1 Å². The van der Waals surface area contributed by atoms with Crippen LogP contribution in [0, 0.1) is 0 Å². The first-order valence-corrected chi connectivity index (χ1v) is 17.8. The smallest absolute Gasteiger partial charge is 0.210 e. The van der Waals surface area contributed by atoms with Crippen molar-refractivity contribution in [2.45, 2.75) is 23.1 Å². The van der Waals surface area contributed by atoms with Gasteiger partial charge in [-0.05, 0) is 95.7 Å². The summed E-state index contributed by atoms with van der Waals surface area (Å²) < 4.78 is 30.6. The van der Waals surface area contributed by atoms with Crippen LogP contribution in [-0.4, -0.2) is 18.0 Å². The van der Waals surface area contributed by atoms with Crippen molar-refractivity contribution in [2.24, 2.45) is 0 Å². The van der Waals surface area contributed by atoms with Crippen molar-refractivity contribution >= 4 is 64.0 Å². The molecule has 1 aliphatic heterocycles. The maximum absolute atomic E-state index is 14.3. The Balaban J connectivity index is 1.27. The summed E-state index contributed by atoms with van der Waals surface area (Å²) in [5.41, 5.74) is 6.25. The zero-order chi connectivity index (χ0) is 32.1. The quantitative estimate of drug-likeness (QED) is 0.143. The molecule has 2 heterocycles. The van der Waals surface area contributed by atoms with Crippen LogP contribution >= 0.6 is 0 Å². The molecule has 0 fully saturated rings. The van der Waals surface area contributed by atoms with E-state index in [1.807, 2.05) is 22.8 Å². The fourth-order valence-electron chi connectivity index (χ4n) is 7.95. The predicted molar refractivity (Wildman–Crippen MR) is 197 cm³/mol. The molecule has 10 rings (SSSR count). The summed E-state index contributed by atoms with van der Waals surface area (Å²) in [4.78, 5) is 5.42. The fraction of sp³-hybridized carbons (Fsp3) is 0.0465. The SMILES string of the molecule is CCc1nc2cccc3c2n1-c1ccc(-c2c4ccccc4c(-c4ccc5ccc6ccccc6c5c4)c4ccccc24)cc1S3(=O)=O. The van der Waals surface area contributed by atoms with Gasteiger partial charge in [0.05, 0.1) is 26.5 Å². The molecule has 0 saturated heterocycles. The maximum Gasteiger partial charge on any atom is 0.210 e. The van der Waals surface area contributed by atoms with E-state index in [-0.39, 0.29) is 0 Å². The highest BCUT2D eigenvalue weighted by molar-refractivity contribution is 7.92. The molecule has 228 valence electrons. The number of hydrogen-bond donors (Lipinski definition) is 0. The van der Waals surface area contributed by atoms with Gasteiger partial charge in [0.15, 0.2) is 0 Å². The Morgan fingerprint density at radius 3 is 1.77 bits per heavy atom. The maximum atomic E-state index is 14.3. The summed E-state index contributed by atoms with van der Waals surface area (Å²) in [7, 11) is -3.79. The Hall–Kier alpha value is -5.78. The second-order valence-corrected chi connectivity index (χ2v) is 14.5. The molecule has 0 spiro atoms. The summed E-state index contributed by atoms with van der Waals surface area (Å²) in [6.07, 6.45) is 0.691. The van der Waals surface area contributed by atoms with Gasteiger partial charge in [0.1, 0.15) is 5.82 Å². The number of aromatic nitrogens is 2. The number of hydrogen-bond acceptors (Lipinski definition) is 3. The number of imidazole rings is 1. The topological polar surface area (TPSA) is 52.0 Å². The summed E-state index contributed by atoms with van der Waals surface area (Å²) >= 11 is 0. The zero-order valence-electron chi connectivity index (χ0n) is 26.1. The van der Waals surface area contributed by atoms with E-state index < -0.39 is 9.84 Å². The minimum Gasteiger partial charge on any atom is -0.294 e. The van der Waals surface area contributed by atoms with Gasteiger partial charge < -0.3 is 0 Å². The third-order valence-electron chi connectivity index (χ3n) is 10.1. The summed E-state index contributed by atoms with van der Waals surface area (Å²) in [5, 5.41) is 9.31. The molecule has 0 N–H and O–H groups in total. The van der Waals surface area contributed by atoms with Crippen LogP contribution in [0.15, 0.2) is 149 Å². The lowest BCUT2D eigenvalue weighted by molar-refractivity contribution is 0.594. The van der Waals surface area contributed by atoms with Gasteiger partial charge in [0, 0.05) is 6.42 Å². The first kappa shape index (κ1) is 27.3. The van der Waals surface area contributed by atoms with Crippen LogP contribution in [0.4, 0.5) is 0 Å². The largest absolute Gasteiger partial charge is 0.294 e. The Kier molecular flexibility index (Phi) is 5.62. The van der Waals surface area contributed by atoms with Crippen molar-refractivity contribution in [2.75, 3.05) is 0 Å². The molecule has 0 atom stereocenters. The Morgan fingerprint density at radius 2 is 1.10 bits per heavy atom. The predicted octanol–water partition coefficient (Wildman–Crippen LogP) is 10.7. The number of benzene rings is 8. The van der Waals surface area contributed by atoms with E-state index in [0.717, 1.165) is 44.1 Å². The molecule has 0 aliphatic carbocycles. The van der Waals surface area contributed by atoms with Crippen LogP contribution in [0.3, 0.4) is 0 Å². The third-order valence-corrected chi connectivity index (χ3v) is 11.9. The molecular weight excluding hydrogens is 609 g/mol. The van der Waals surface area contributed by atoms with Crippen LogP contribution in [0.25, 0.3) is 82.1 Å². The summed E-state index contributed by atoms with van der Waals surface area (Å²) in [6.45, 7) is 2.05. The monoisotopic (exact) mass is 636 g/mol. The second kappa shape index (κ2) is 9.86. The van der Waals surface area contributed by atoms with Crippen molar-refractivity contribution in [1.29, 1.82) is 0 Å². The molecule has 4 nitrogen and oxygen atoms in total. The third kappa shape index (κ3) is 3.65. The lowest BCUT2D eigenvalue weighted by Gasteiger charge is -2.23. The molecule has 1 aliphatic rings. The van der Waals surface area contributed by atoms with E-state index >= 15 is 0 Å². The van der Waals surface area contributed by atoms with E-state index in [2.05, 4.69) is 116 Å². The molecule has 48 heavy (non-hydrogen) atoms. The number of para-hydroxylation sites is 1. The molecule has 1 aromatic heterocycles. The lowest BCUT2D eigenvalue weighted by Crippen LogP contribution is -2.16. The molecule has 5 heteroatoms. The average molecular weight is 637 g/mol. The second-order valence-electron chi connectivity index (χ2n) is 12.6. The van der Waals surface area contributed by atoms with E-state index in [9.17, 15) is 8.42 Å². The van der Waals surface area contributed by atoms with Gasteiger partial charge >= 0.3 is 0 Å². The number of rotatable bonds is 3. The van der Waals surface area contributed by atoms with Gasteiger partial charge in [0.2, 0.25) is 9.84 Å². The molecule has 0 saturated carbocycles. The van der Waals surface area contributed by atoms with Crippen molar-refractivity contribution in [3.8, 4) is 27.9 Å². The molecular formula is C43H28N2O2S. The van der Waals surface area contributed by atoms with Crippen LogP contribution in [0.2, 0.25) is 0 Å². The molecule has 0 unspecified atom stereocenters. The molecule has 0 bridgehead atoms. The highest BCUT2D eigenvalue weighted by Gasteiger charge is 2.33. The van der Waals surface area contributed by atoms with Crippen LogP contribution in [0.1, 0.15) is 12.7 Å². The van der Waals surface area contributed by atoms with Crippen molar-refractivity contribution in [3.05, 3.63) is 145 Å². The molecule has 0 amide bonds. The summed E-state index contributed by atoms with van der Waals surface area (Å²) in [6, 6.07) is 48.0. The fourth-order valence-corrected chi connectivity index (χ4v) is 9.62. The van der Waals surface area contributed by atoms with Gasteiger partial charge in [-0.15, -0.1) is 0 Å². The van der Waals surface area contributed by atoms with Crippen LogP contribution in [0.5, 0.6) is 0 Å². The van der Waals surface area contributed by atoms with Crippen LogP contribution in [-0.2, 0) is 16.3 Å². The van der Waals surface area contributed by atoms with E-state index in [1.165, 1.54) is 27.1 Å². The number of aryl methyl sites for hydroxylation is 1. The van der Waals surface area contributed by atoms with Crippen LogP contribution < -0.4 is 0 Å². The average Bonchev–Trinajstić information content (AvgIpc) is 3.52. The van der Waals surface area contributed by atoms with Gasteiger partial charge in [-0.3, -0.25) is 4.57 Å². The van der Waals surface area contributed by atoms with Gasteiger partial charge in [-0.1, -0.05) is 116 Å². The Labute approximate surface area is 277 Å². The normalized spacial score (nSPS) is 13.5. The summed E-state index contributed by atoms with van der Waals surface area (Å²) in [5.74, 6) is 0.852. The zero-order valence-corrected chi connectivity index (χ0v) is 26.9. The number of nitrogens with zero attached hydrogens (tertiary/aromatic N) is 2. The van der Waals surface area contributed by atoms with E-state index in [4.69, 9.17) is 4.98 Å². The Morgan fingerprint density at radius 1 is 0.542 bits per heavy atom. The standard InChI is InChI=1S/C43H28N2O2S/c1-2-40-44-36-16-9-17-38-43(36)45(40)37-23-22-29(25-39(37)48(38,46)47)42-33-14-7-5-12-31(33)41(32-13-6-8-15-34(32)42)28-21-20-27-19-18-26-10-3-4-11-30(26)35(27)24-28/h3-25H,2H2,1H3. The van der Waals surface area contributed by atoms with Crippen molar-refractivity contribution in [3.63, 3.8) is 0 Å². The van der Waals surface area contributed by atoms with Gasteiger partial charge in [-0.25, -0.2) is 13.4 Å². The highest BCUT2D eigenvalue weighted by atomic mass is 32.2. The Bertz CT molecular complexity index is 2900. The van der Waals surface area contributed by atoms with Gasteiger partial charge in [-0.2, -0.15) is 0 Å². The van der Waals surface area contributed by atoms with Crippen molar-refractivity contribution < 1.29 is 8.42 Å². The highest BCUT2D eigenvalue weighted by Crippen LogP contribution is 2.47. The molecule has 8 aromatic carbocycles. The molecule has 0 radical (unpaired) electrons. The van der Waals surface area contributed by atoms with Gasteiger partial charge in [0.25, 0.3) is 0 Å². The lowest BCUT2D eigenvalue weighted by atomic mass is 9.85. The number of sulfone groups is 1. The minimum atomic E-state index is -3.79. The minimum absolute atomic E-state index is 0.311. The first-order chi connectivity index (χ1) is 23.5.